The lowest BCUT2D eigenvalue weighted by molar-refractivity contribution is -0.137. The Kier molecular flexibility index (Phi) is 4.47. The Morgan fingerprint density at radius 3 is 3.00 bits per heavy atom. The lowest BCUT2D eigenvalue weighted by Crippen LogP contribution is -2.20. The van der Waals surface area contributed by atoms with Crippen LogP contribution in [0.25, 0.3) is 10.8 Å². The van der Waals surface area contributed by atoms with E-state index in [1.54, 1.807) is 6.20 Å². The van der Waals surface area contributed by atoms with E-state index < -0.39 is 5.97 Å². The van der Waals surface area contributed by atoms with Crippen molar-refractivity contribution in [3.05, 3.63) is 42.2 Å². The molecule has 0 aliphatic heterocycles. The van der Waals surface area contributed by atoms with Crippen molar-refractivity contribution in [3.63, 3.8) is 0 Å². The fourth-order valence-electron chi connectivity index (χ4n) is 2.20. The van der Waals surface area contributed by atoms with Gasteiger partial charge in [-0.2, -0.15) is 0 Å². The number of aromatic nitrogens is 1. The number of hydrogen-bond donors (Lipinski definition) is 1. The van der Waals surface area contributed by atoms with E-state index in [0.717, 1.165) is 18.5 Å². The van der Waals surface area contributed by atoms with Crippen LogP contribution in [0.1, 0.15) is 18.4 Å². The van der Waals surface area contributed by atoms with Crippen molar-refractivity contribution in [2.45, 2.75) is 19.4 Å². The van der Waals surface area contributed by atoms with E-state index in [0.29, 0.717) is 6.42 Å². The van der Waals surface area contributed by atoms with Crippen molar-refractivity contribution in [2.75, 3.05) is 13.6 Å². The van der Waals surface area contributed by atoms with E-state index in [1.807, 2.05) is 25.4 Å². The molecule has 2 rings (SSSR count). The molecular weight excluding hydrogens is 240 g/mol. The highest BCUT2D eigenvalue weighted by atomic mass is 16.4. The number of hydrogen-bond acceptors (Lipinski definition) is 3. The quantitative estimate of drug-likeness (QED) is 0.865. The zero-order valence-corrected chi connectivity index (χ0v) is 11.0. The van der Waals surface area contributed by atoms with Gasteiger partial charge in [0, 0.05) is 30.7 Å². The monoisotopic (exact) mass is 258 g/mol. The smallest absolute Gasteiger partial charge is 0.303 e. The third-order valence-electron chi connectivity index (χ3n) is 3.14. The number of pyridine rings is 1. The molecule has 0 atom stereocenters. The van der Waals surface area contributed by atoms with E-state index >= 15 is 0 Å². The number of carbonyl (C=O) groups is 1. The Balaban J connectivity index is 2.02. The Labute approximate surface area is 112 Å². The summed E-state index contributed by atoms with van der Waals surface area (Å²) in [5.41, 5.74) is 1.25. The summed E-state index contributed by atoms with van der Waals surface area (Å²) in [6.07, 6.45) is 4.57. The summed E-state index contributed by atoms with van der Waals surface area (Å²) in [5.74, 6) is -0.732. The molecule has 1 heterocycles. The van der Waals surface area contributed by atoms with Crippen LogP contribution < -0.4 is 0 Å². The molecule has 0 aliphatic carbocycles. The fraction of sp³-hybridized carbons (Fsp3) is 0.333. The van der Waals surface area contributed by atoms with Gasteiger partial charge < -0.3 is 10.0 Å². The van der Waals surface area contributed by atoms with Crippen molar-refractivity contribution in [1.29, 1.82) is 0 Å². The van der Waals surface area contributed by atoms with Crippen LogP contribution in [0.3, 0.4) is 0 Å². The summed E-state index contributed by atoms with van der Waals surface area (Å²) in [7, 11) is 2.02. The highest BCUT2D eigenvalue weighted by Crippen LogP contribution is 2.18. The number of fused-ring (bicyclic) bond motifs is 1. The van der Waals surface area contributed by atoms with Gasteiger partial charge in [0.1, 0.15) is 0 Å². The van der Waals surface area contributed by atoms with Gasteiger partial charge in [-0.1, -0.05) is 18.2 Å². The molecule has 4 nitrogen and oxygen atoms in total. The predicted molar refractivity (Wildman–Crippen MR) is 74.9 cm³/mol. The molecule has 0 aliphatic rings. The third kappa shape index (κ3) is 3.76. The predicted octanol–water partition coefficient (Wildman–Crippen LogP) is 2.53. The van der Waals surface area contributed by atoms with E-state index in [-0.39, 0.29) is 6.42 Å². The van der Waals surface area contributed by atoms with Crippen molar-refractivity contribution in [3.8, 4) is 0 Å². The van der Waals surface area contributed by atoms with Crippen LogP contribution in [0.15, 0.2) is 36.7 Å². The number of carboxylic acids is 1. The molecular formula is C15H18N2O2. The van der Waals surface area contributed by atoms with Crippen LogP contribution in [0.2, 0.25) is 0 Å². The van der Waals surface area contributed by atoms with Gasteiger partial charge in [0.25, 0.3) is 0 Å². The van der Waals surface area contributed by atoms with Gasteiger partial charge in [-0.3, -0.25) is 9.78 Å². The van der Waals surface area contributed by atoms with E-state index in [2.05, 4.69) is 22.0 Å². The summed E-state index contributed by atoms with van der Waals surface area (Å²) in [6.45, 7) is 1.61. The summed E-state index contributed by atoms with van der Waals surface area (Å²) in [4.78, 5) is 16.8. The van der Waals surface area contributed by atoms with Crippen molar-refractivity contribution in [1.82, 2.24) is 9.88 Å². The first kappa shape index (κ1) is 13.5. The molecule has 0 unspecified atom stereocenters. The lowest BCUT2D eigenvalue weighted by Gasteiger charge is -2.17. The molecule has 2 aromatic rings. The first-order valence-corrected chi connectivity index (χ1v) is 6.39. The normalized spacial score (nSPS) is 11.1. The first-order chi connectivity index (χ1) is 9.16. The van der Waals surface area contributed by atoms with Crippen LogP contribution in [-0.4, -0.2) is 34.6 Å². The molecule has 0 saturated carbocycles. The van der Waals surface area contributed by atoms with Gasteiger partial charge in [0.15, 0.2) is 0 Å². The topological polar surface area (TPSA) is 53.4 Å². The average molecular weight is 258 g/mol. The summed E-state index contributed by atoms with van der Waals surface area (Å²) >= 11 is 0. The molecule has 1 N–H and O–H groups in total. The van der Waals surface area contributed by atoms with E-state index in [1.165, 1.54) is 10.9 Å². The van der Waals surface area contributed by atoms with Crippen LogP contribution >= 0.6 is 0 Å². The van der Waals surface area contributed by atoms with Crippen molar-refractivity contribution < 1.29 is 9.90 Å². The van der Waals surface area contributed by atoms with Gasteiger partial charge in [-0.15, -0.1) is 0 Å². The van der Waals surface area contributed by atoms with Crippen LogP contribution in [0.4, 0.5) is 0 Å². The zero-order chi connectivity index (χ0) is 13.7. The Bertz CT molecular complexity index is 564. The molecule has 0 bridgehead atoms. The molecule has 1 aromatic carbocycles. The molecule has 0 amide bonds. The average Bonchev–Trinajstić information content (AvgIpc) is 2.39. The van der Waals surface area contributed by atoms with Crippen LogP contribution in [0, 0.1) is 0 Å². The number of benzene rings is 1. The third-order valence-corrected chi connectivity index (χ3v) is 3.14. The van der Waals surface area contributed by atoms with Gasteiger partial charge in [-0.05, 0) is 37.0 Å². The zero-order valence-electron chi connectivity index (χ0n) is 11.0. The van der Waals surface area contributed by atoms with Crippen LogP contribution in [-0.2, 0) is 11.3 Å². The Hall–Kier alpha value is -1.94. The Morgan fingerprint density at radius 2 is 2.21 bits per heavy atom. The van der Waals surface area contributed by atoms with Gasteiger partial charge in [-0.25, -0.2) is 0 Å². The molecule has 100 valence electrons. The summed E-state index contributed by atoms with van der Waals surface area (Å²) in [6, 6.07) is 8.21. The summed E-state index contributed by atoms with van der Waals surface area (Å²) in [5, 5.41) is 11.0. The van der Waals surface area contributed by atoms with Gasteiger partial charge in [0.2, 0.25) is 0 Å². The maximum Gasteiger partial charge on any atom is 0.303 e. The SMILES string of the molecule is CN(CCCC(=O)O)Cc1cccc2cnccc12. The highest BCUT2D eigenvalue weighted by molar-refractivity contribution is 5.84. The number of aliphatic carboxylic acids is 1. The minimum atomic E-state index is -0.732. The maximum atomic E-state index is 10.5. The standard InChI is InChI=1S/C15H18N2O2/c1-17(9-3-6-15(18)19)11-13-5-2-4-12-10-16-8-7-14(12)13/h2,4-5,7-8,10H,3,6,9,11H2,1H3,(H,18,19). The molecule has 0 spiro atoms. The fourth-order valence-corrected chi connectivity index (χ4v) is 2.20. The molecule has 0 radical (unpaired) electrons. The number of carboxylic acid groups (broad SMARTS) is 1. The lowest BCUT2D eigenvalue weighted by atomic mass is 10.1. The van der Waals surface area contributed by atoms with E-state index in [4.69, 9.17) is 5.11 Å². The van der Waals surface area contributed by atoms with Gasteiger partial charge in [0.05, 0.1) is 0 Å². The van der Waals surface area contributed by atoms with Crippen molar-refractivity contribution in [2.24, 2.45) is 0 Å². The minimum Gasteiger partial charge on any atom is -0.481 e. The molecule has 19 heavy (non-hydrogen) atoms. The molecule has 4 heteroatoms. The van der Waals surface area contributed by atoms with Crippen molar-refractivity contribution >= 4 is 16.7 Å². The van der Waals surface area contributed by atoms with Gasteiger partial charge >= 0.3 is 5.97 Å². The molecule has 0 saturated heterocycles. The number of nitrogens with zero attached hydrogens (tertiary/aromatic N) is 2. The highest BCUT2D eigenvalue weighted by Gasteiger charge is 2.05. The summed E-state index contributed by atoms with van der Waals surface area (Å²) < 4.78 is 0. The largest absolute Gasteiger partial charge is 0.481 e. The minimum absolute atomic E-state index is 0.226. The first-order valence-electron chi connectivity index (χ1n) is 6.39. The second-order valence-electron chi connectivity index (χ2n) is 4.75. The van der Waals surface area contributed by atoms with Crippen LogP contribution in [0.5, 0.6) is 0 Å². The second kappa shape index (κ2) is 6.29. The number of rotatable bonds is 6. The van der Waals surface area contributed by atoms with E-state index in [9.17, 15) is 4.79 Å². The molecule has 0 fully saturated rings. The molecule has 1 aromatic heterocycles. The Morgan fingerprint density at radius 1 is 1.37 bits per heavy atom. The maximum absolute atomic E-state index is 10.5. The second-order valence-corrected chi connectivity index (χ2v) is 4.75.